The van der Waals surface area contributed by atoms with Gasteiger partial charge in [0.25, 0.3) is 5.82 Å². The van der Waals surface area contributed by atoms with Crippen LogP contribution < -0.4 is 4.68 Å². The van der Waals surface area contributed by atoms with Crippen LogP contribution in [-0.2, 0) is 17.9 Å². The topological polar surface area (TPSA) is 21.7 Å². The van der Waals surface area contributed by atoms with Gasteiger partial charge in [-0.1, -0.05) is 45.0 Å². The van der Waals surface area contributed by atoms with E-state index in [9.17, 15) is 0 Å². The molecule has 0 N–H and O–H groups in total. The van der Waals surface area contributed by atoms with Gasteiger partial charge in [0.2, 0.25) is 0 Å². The Morgan fingerprint density at radius 2 is 1.64 bits per heavy atom. The molecule has 0 spiro atoms. The summed E-state index contributed by atoms with van der Waals surface area (Å²) in [6.45, 7) is 16.0. The normalized spacial score (nSPS) is 20.0. The molecule has 0 aliphatic carbocycles. The zero-order valence-electron chi connectivity index (χ0n) is 18.5. The molecule has 28 heavy (non-hydrogen) atoms. The molecular weight excluding hydrogens is 342 g/mol. The van der Waals surface area contributed by atoms with E-state index in [0.29, 0.717) is 0 Å². The number of fused-ring (bicyclic) bond motifs is 3. The van der Waals surface area contributed by atoms with E-state index in [0.717, 1.165) is 12.2 Å². The number of aromatic nitrogens is 3. The molecule has 146 valence electrons. The van der Waals surface area contributed by atoms with Crippen LogP contribution in [0.1, 0.15) is 62.2 Å². The predicted molar refractivity (Wildman–Crippen MR) is 115 cm³/mol. The van der Waals surface area contributed by atoms with Crippen LogP contribution in [0.15, 0.2) is 36.4 Å². The van der Waals surface area contributed by atoms with Crippen molar-refractivity contribution in [1.82, 2.24) is 9.67 Å². The maximum Gasteiger partial charge on any atom is 0.351 e. The second kappa shape index (κ2) is 6.04. The van der Waals surface area contributed by atoms with E-state index in [1.165, 1.54) is 39.3 Å². The molecular formula is C25H32N3+. The molecule has 1 aromatic heterocycles. The Labute approximate surface area is 169 Å². The molecule has 0 saturated carbocycles. The highest BCUT2D eigenvalue weighted by atomic mass is 15.5. The van der Waals surface area contributed by atoms with Gasteiger partial charge in [0.15, 0.2) is 0 Å². The van der Waals surface area contributed by atoms with Crippen LogP contribution in [0.25, 0.3) is 17.1 Å². The highest BCUT2D eigenvalue weighted by Gasteiger charge is 2.54. The van der Waals surface area contributed by atoms with Gasteiger partial charge in [-0.15, -0.1) is 9.36 Å². The fourth-order valence-electron chi connectivity index (χ4n) is 5.05. The minimum Gasteiger partial charge on any atom is -0.147 e. The minimum atomic E-state index is -0.0529. The second-order valence-corrected chi connectivity index (χ2v) is 9.25. The predicted octanol–water partition coefficient (Wildman–Crippen LogP) is 5.25. The summed E-state index contributed by atoms with van der Waals surface area (Å²) in [7, 11) is 2.15. The maximum atomic E-state index is 5.29. The van der Waals surface area contributed by atoms with Gasteiger partial charge in [-0.05, 0) is 73.5 Å². The highest BCUT2D eigenvalue weighted by molar-refractivity contribution is 5.59. The maximum absolute atomic E-state index is 5.29. The van der Waals surface area contributed by atoms with Crippen LogP contribution in [0.5, 0.6) is 0 Å². The first kappa shape index (κ1) is 18.9. The zero-order chi connectivity index (χ0) is 20.4. The average molecular weight is 375 g/mol. The van der Waals surface area contributed by atoms with Gasteiger partial charge >= 0.3 is 5.82 Å². The minimum absolute atomic E-state index is 0.00273. The summed E-state index contributed by atoms with van der Waals surface area (Å²) in [5, 5.41) is 0. The lowest BCUT2D eigenvalue weighted by atomic mass is 9.59. The van der Waals surface area contributed by atoms with Gasteiger partial charge in [0, 0.05) is 5.41 Å². The summed E-state index contributed by atoms with van der Waals surface area (Å²) < 4.78 is 4.62. The van der Waals surface area contributed by atoms with E-state index >= 15 is 0 Å². The van der Waals surface area contributed by atoms with Crippen LogP contribution in [-0.4, -0.2) is 9.67 Å². The van der Waals surface area contributed by atoms with Crippen LogP contribution in [0.3, 0.4) is 0 Å². The summed E-state index contributed by atoms with van der Waals surface area (Å²) in [6.07, 6.45) is 1.04. The highest BCUT2D eigenvalue weighted by Crippen LogP contribution is 2.51. The molecule has 0 bridgehead atoms. The largest absolute Gasteiger partial charge is 0.351 e. The smallest absolute Gasteiger partial charge is 0.147 e. The number of rotatable bonds is 2. The van der Waals surface area contributed by atoms with Gasteiger partial charge in [-0.3, -0.25) is 0 Å². The Balaban J connectivity index is 2.11. The number of hydrogen-bond acceptors (Lipinski definition) is 1. The fourth-order valence-corrected chi connectivity index (χ4v) is 5.05. The van der Waals surface area contributed by atoms with E-state index in [1.807, 2.05) is 0 Å². The van der Waals surface area contributed by atoms with Gasteiger partial charge in [-0.2, -0.15) is 0 Å². The Kier molecular flexibility index (Phi) is 4.08. The molecule has 3 heteroatoms. The molecule has 2 heterocycles. The molecule has 1 aliphatic heterocycles. The van der Waals surface area contributed by atoms with Gasteiger partial charge < -0.3 is 0 Å². The number of benzene rings is 2. The Hall–Kier alpha value is -2.42. The van der Waals surface area contributed by atoms with Crippen molar-refractivity contribution in [2.75, 3.05) is 0 Å². The van der Waals surface area contributed by atoms with Crippen molar-refractivity contribution in [2.24, 2.45) is 7.05 Å². The quantitative estimate of drug-likeness (QED) is 0.562. The van der Waals surface area contributed by atoms with Gasteiger partial charge in [-0.25, -0.2) is 0 Å². The van der Waals surface area contributed by atoms with Crippen molar-refractivity contribution in [3.8, 4) is 17.1 Å². The molecule has 1 aliphatic rings. The first-order valence-electron chi connectivity index (χ1n) is 10.3. The third kappa shape index (κ3) is 2.35. The summed E-state index contributed by atoms with van der Waals surface area (Å²) >= 11 is 0. The van der Waals surface area contributed by atoms with E-state index in [2.05, 4.69) is 101 Å². The van der Waals surface area contributed by atoms with Crippen molar-refractivity contribution >= 4 is 0 Å². The third-order valence-corrected chi connectivity index (χ3v) is 7.20. The van der Waals surface area contributed by atoms with E-state index in [1.54, 1.807) is 0 Å². The number of nitrogens with zero attached hydrogens (tertiary/aromatic N) is 3. The average Bonchev–Trinajstić information content (AvgIpc) is 2.97. The third-order valence-electron chi connectivity index (χ3n) is 7.20. The van der Waals surface area contributed by atoms with Crippen LogP contribution >= 0.6 is 0 Å². The van der Waals surface area contributed by atoms with Gasteiger partial charge in [0.05, 0.1) is 16.7 Å². The van der Waals surface area contributed by atoms with Crippen molar-refractivity contribution in [3.05, 3.63) is 64.5 Å². The standard InChI is InChI=1S/C25H32N3/c1-9-25(7)23-26-22(19-14-16(2)13-17(3)15-19)27(8)28(23)21-18(4)11-10-12-20(21)24(25,5)6/h10-15H,9H2,1-8H3/q+1. The lowest BCUT2D eigenvalue weighted by molar-refractivity contribution is -0.736. The first-order chi connectivity index (χ1) is 13.1. The molecule has 1 atom stereocenters. The summed E-state index contributed by atoms with van der Waals surface area (Å²) in [4.78, 5) is 5.29. The van der Waals surface area contributed by atoms with Crippen LogP contribution in [0.2, 0.25) is 0 Å². The second-order valence-electron chi connectivity index (χ2n) is 9.25. The Morgan fingerprint density at radius 3 is 2.25 bits per heavy atom. The fraction of sp³-hybridized carbons (Fsp3) is 0.440. The molecule has 0 radical (unpaired) electrons. The molecule has 0 fully saturated rings. The number of hydrogen-bond donors (Lipinski definition) is 0. The van der Waals surface area contributed by atoms with Crippen molar-refractivity contribution in [1.29, 1.82) is 0 Å². The lowest BCUT2D eigenvalue weighted by Crippen LogP contribution is -2.52. The Morgan fingerprint density at radius 1 is 1.00 bits per heavy atom. The molecule has 3 nitrogen and oxygen atoms in total. The Bertz CT molecular complexity index is 1070. The molecule has 4 rings (SSSR count). The number of para-hydroxylation sites is 1. The zero-order valence-corrected chi connectivity index (χ0v) is 18.5. The van der Waals surface area contributed by atoms with Gasteiger partial charge in [0.1, 0.15) is 7.05 Å². The molecule has 0 saturated heterocycles. The SMILES string of the molecule is CCC1(C)c2nc(-c3cc(C)cc(C)c3)[n+](C)n2-c2c(C)cccc2C1(C)C. The van der Waals surface area contributed by atoms with Crippen LogP contribution in [0.4, 0.5) is 0 Å². The number of aryl methyl sites for hydroxylation is 3. The van der Waals surface area contributed by atoms with E-state index in [4.69, 9.17) is 4.98 Å². The van der Waals surface area contributed by atoms with E-state index in [-0.39, 0.29) is 10.8 Å². The monoisotopic (exact) mass is 374 g/mol. The van der Waals surface area contributed by atoms with Crippen molar-refractivity contribution in [3.63, 3.8) is 0 Å². The van der Waals surface area contributed by atoms with Crippen LogP contribution in [0, 0.1) is 20.8 Å². The van der Waals surface area contributed by atoms with Crippen molar-refractivity contribution in [2.45, 2.75) is 65.7 Å². The lowest BCUT2D eigenvalue weighted by Gasteiger charge is -2.45. The summed E-state index contributed by atoms with van der Waals surface area (Å²) in [5.41, 5.74) is 7.67. The molecule has 0 amide bonds. The molecule has 1 unspecified atom stereocenters. The summed E-state index contributed by atoms with van der Waals surface area (Å²) in [5.74, 6) is 2.20. The van der Waals surface area contributed by atoms with E-state index < -0.39 is 0 Å². The first-order valence-corrected chi connectivity index (χ1v) is 10.3. The molecule has 2 aromatic carbocycles. The molecule has 3 aromatic rings. The summed E-state index contributed by atoms with van der Waals surface area (Å²) in [6, 6.07) is 13.4. The van der Waals surface area contributed by atoms with Crippen molar-refractivity contribution < 1.29 is 4.68 Å².